The highest BCUT2D eigenvalue weighted by Crippen LogP contribution is 2.47. The summed E-state index contributed by atoms with van der Waals surface area (Å²) in [7, 11) is 3.97. The Kier molecular flexibility index (Phi) is 3.28. The molecular formula is C14H25N3O. The second-order valence-corrected chi connectivity index (χ2v) is 6.49. The number of aromatic nitrogens is 2. The van der Waals surface area contributed by atoms with E-state index >= 15 is 0 Å². The molecule has 4 heteroatoms. The molecule has 0 radical (unpaired) electrons. The van der Waals surface area contributed by atoms with Gasteiger partial charge in [-0.25, -0.2) is 0 Å². The summed E-state index contributed by atoms with van der Waals surface area (Å²) in [4.78, 5) is 0. The van der Waals surface area contributed by atoms with Crippen LogP contribution in [0.5, 0.6) is 0 Å². The van der Waals surface area contributed by atoms with Gasteiger partial charge in [0.05, 0.1) is 17.4 Å². The Morgan fingerprint density at radius 1 is 1.44 bits per heavy atom. The van der Waals surface area contributed by atoms with E-state index in [1.807, 2.05) is 25.0 Å². The van der Waals surface area contributed by atoms with Gasteiger partial charge in [-0.15, -0.1) is 0 Å². The third-order valence-corrected chi connectivity index (χ3v) is 3.94. The van der Waals surface area contributed by atoms with E-state index in [-0.39, 0.29) is 17.2 Å². The van der Waals surface area contributed by atoms with Crippen LogP contribution in [0.3, 0.4) is 0 Å². The van der Waals surface area contributed by atoms with Crippen LogP contribution >= 0.6 is 0 Å². The molecule has 102 valence electrons. The highest BCUT2D eigenvalue weighted by Gasteiger charge is 2.49. The molecule has 0 spiro atoms. The van der Waals surface area contributed by atoms with Gasteiger partial charge < -0.3 is 10.1 Å². The first-order valence-electron chi connectivity index (χ1n) is 6.61. The molecule has 1 aromatic rings. The molecule has 0 aliphatic carbocycles. The molecule has 2 unspecified atom stereocenters. The molecule has 4 nitrogen and oxygen atoms in total. The lowest BCUT2D eigenvalue weighted by Crippen LogP contribution is -2.37. The van der Waals surface area contributed by atoms with Crippen LogP contribution in [0.1, 0.15) is 45.7 Å². The predicted octanol–water partition coefficient (Wildman–Crippen LogP) is 2.27. The van der Waals surface area contributed by atoms with Gasteiger partial charge in [0.15, 0.2) is 0 Å². The van der Waals surface area contributed by atoms with Crippen LogP contribution in [-0.4, -0.2) is 28.0 Å². The number of hydrogen-bond donors (Lipinski definition) is 1. The molecular weight excluding hydrogens is 226 g/mol. The minimum atomic E-state index is -0.118. The minimum absolute atomic E-state index is 0.0501. The van der Waals surface area contributed by atoms with E-state index in [0.717, 1.165) is 6.42 Å². The minimum Gasteiger partial charge on any atom is -0.369 e. The maximum atomic E-state index is 6.19. The molecule has 1 aliphatic heterocycles. The average Bonchev–Trinajstić information content (AvgIpc) is 2.70. The van der Waals surface area contributed by atoms with Crippen molar-refractivity contribution in [2.45, 2.75) is 51.4 Å². The Morgan fingerprint density at radius 3 is 2.50 bits per heavy atom. The van der Waals surface area contributed by atoms with Crippen molar-refractivity contribution < 1.29 is 4.74 Å². The first kappa shape index (κ1) is 13.6. The van der Waals surface area contributed by atoms with Gasteiger partial charge in [0.1, 0.15) is 0 Å². The summed E-state index contributed by atoms with van der Waals surface area (Å²) in [5.41, 5.74) is 1.07. The van der Waals surface area contributed by atoms with Crippen molar-refractivity contribution in [2.75, 3.05) is 7.05 Å². The number of ether oxygens (including phenoxy) is 1. The van der Waals surface area contributed by atoms with Crippen LogP contribution in [0.4, 0.5) is 0 Å². The monoisotopic (exact) mass is 251 g/mol. The third-order valence-electron chi connectivity index (χ3n) is 3.94. The fourth-order valence-electron chi connectivity index (χ4n) is 3.32. The summed E-state index contributed by atoms with van der Waals surface area (Å²) in [6.07, 6.45) is 5.09. The maximum Gasteiger partial charge on any atom is 0.0681 e. The molecule has 0 aromatic carbocycles. The van der Waals surface area contributed by atoms with Gasteiger partial charge in [-0.2, -0.15) is 5.10 Å². The Hall–Kier alpha value is -0.870. The predicted molar refractivity (Wildman–Crippen MR) is 72.4 cm³/mol. The van der Waals surface area contributed by atoms with E-state index in [2.05, 4.69) is 44.3 Å². The highest BCUT2D eigenvalue weighted by molar-refractivity contribution is 5.15. The Bertz CT molecular complexity index is 422. The van der Waals surface area contributed by atoms with Gasteiger partial charge in [-0.3, -0.25) is 4.68 Å². The van der Waals surface area contributed by atoms with Crippen LogP contribution in [-0.2, 0) is 11.8 Å². The normalized spacial score (nSPS) is 27.3. The summed E-state index contributed by atoms with van der Waals surface area (Å²) in [6, 6.07) is 0.287. The zero-order valence-corrected chi connectivity index (χ0v) is 12.3. The molecule has 0 amide bonds. The lowest BCUT2D eigenvalue weighted by molar-refractivity contribution is -0.0776. The molecule has 2 heterocycles. The quantitative estimate of drug-likeness (QED) is 0.895. The zero-order valence-electron chi connectivity index (χ0n) is 12.3. The summed E-state index contributed by atoms with van der Waals surface area (Å²) in [5.74, 6) is 0.446. The third kappa shape index (κ3) is 2.45. The van der Waals surface area contributed by atoms with Crippen molar-refractivity contribution in [2.24, 2.45) is 13.0 Å². The smallest absolute Gasteiger partial charge is 0.0681 e. The van der Waals surface area contributed by atoms with E-state index in [0.29, 0.717) is 5.92 Å². The van der Waals surface area contributed by atoms with E-state index in [1.165, 1.54) is 5.56 Å². The van der Waals surface area contributed by atoms with E-state index in [4.69, 9.17) is 4.74 Å². The summed E-state index contributed by atoms with van der Waals surface area (Å²) < 4.78 is 8.05. The van der Waals surface area contributed by atoms with Crippen molar-refractivity contribution in [3.8, 4) is 0 Å². The van der Waals surface area contributed by atoms with E-state index in [1.54, 1.807) is 0 Å². The summed E-state index contributed by atoms with van der Waals surface area (Å²) >= 11 is 0. The summed E-state index contributed by atoms with van der Waals surface area (Å²) in [6.45, 7) is 8.72. The average molecular weight is 251 g/mol. The van der Waals surface area contributed by atoms with Crippen molar-refractivity contribution in [1.29, 1.82) is 0 Å². The van der Waals surface area contributed by atoms with Crippen molar-refractivity contribution in [3.05, 3.63) is 18.0 Å². The molecule has 1 saturated heterocycles. The van der Waals surface area contributed by atoms with Crippen LogP contribution in [0, 0.1) is 5.92 Å². The summed E-state index contributed by atoms with van der Waals surface area (Å²) in [5, 5.41) is 7.71. The Balaban J connectivity index is 2.28. The SMILES string of the molecule is CNC(c1cnn(C)c1)C1CC(C)(C)OC1(C)C. The van der Waals surface area contributed by atoms with Crippen molar-refractivity contribution >= 4 is 0 Å². The first-order chi connectivity index (χ1) is 8.25. The van der Waals surface area contributed by atoms with Gasteiger partial charge in [-0.05, 0) is 41.2 Å². The van der Waals surface area contributed by atoms with Gasteiger partial charge in [-0.1, -0.05) is 0 Å². The van der Waals surface area contributed by atoms with Crippen LogP contribution < -0.4 is 5.32 Å². The second kappa shape index (κ2) is 4.35. The molecule has 2 rings (SSSR count). The lowest BCUT2D eigenvalue weighted by Gasteiger charge is -2.32. The van der Waals surface area contributed by atoms with Crippen LogP contribution in [0.15, 0.2) is 12.4 Å². The number of rotatable bonds is 3. The molecule has 0 bridgehead atoms. The van der Waals surface area contributed by atoms with Gasteiger partial charge in [0.25, 0.3) is 0 Å². The molecule has 1 aliphatic rings. The highest BCUT2D eigenvalue weighted by atomic mass is 16.5. The Morgan fingerprint density at radius 2 is 2.11 bits per heavy atom. The van der Waals surface area contributed by atoms with Gasteiger partial charge >= 0.3 is 0 Å². The fraction of sp³-hybridized carbons (Fsp3) is 0.786. The first-order valence-corrected chi connectivity index (χ1v) is 6.61. The van der Waals surface area contributed by atoms with Crippen molar-refractivity contribution in [3.63, 3.8) is 0 Å². The van der Waals surface area contributed by atoms with Gasteiger partial charge in [0.2, 0.25) is 0 Å². The molecule has 1 aromatic heterocycles. The van der Waals surface area contributed by atoms with E-state index < -0.39 is 0 Å². The lowest BCUT2D eigenvalue weighted by atomic mass is 9.79. The van der Waals surface area contributed by atoms with E-state index in [9.17, 15) is 0 Å². The standard InChI is InChI=1S/C14H25N3O/c1-13(2)7-11(14(3,4)18-13)12(15-5)10-8-16-17(6)9-10/h8-9,11-12,15H,7H2,1-6H3. The topological polar surface area (TPSA) is 39.1 Å². The van der Waals surface area contributed by atoms with Crippen molar-refractivity contribution in [1.82, 2.24) is 15.1 Å². The molecule has 2 atom stereocenters. The van der Waals surface area contributed by atoms with Crippen LogP contribution in [0.25, 0.3) is 0 Å². The molecule has 18 heavy (non-hydrogen) atoms. The zero-order chi connectivity index (χ0) is 13.6. The number of nitrogens with zero attached hydrogens (tertiary/aromatic N) is 2. The maximum absolute atomic E-state index is 6.19. The molecule has 1 N–H and O–H groups in total. The Labute approximate surface area is 110 Å². The second-order valence-electron chi connectivity index (χ2n) is 6.49. The largest absolute Gasteiger partial charge is 0.369 e. The van der Waals surface area contributed by atoms with Gasteiger partial charge in [0, 0.05) is 30.8 Å². The number of nitrogens with one attached hydrogen (secondary N) is 1. The molecule has 0 saturated carbocycles. The number of aryl methyl sites for hydroxylation is 1. The van der Waals surface area contributed by atoms with Crippen LogP contribution in [0.2, 0.25) is 0 Å². The number of hydrogen-bond acceptors (Lipinski definition) is 3. The molecule has 1 fully saturated rings. The fourth-order valence-corrected chi connectivity index (χ4v) is 3.32.